The number of benzene rings is 2. The summed E-state index contributed by atoms with van der Waals surface area (Å²) >= 11 is 19.1. The first kappa shape index (κ1) is 30.0. The zero-order valence-corrected chi connectivity index (χ0v) is 25.9. The molecule has 0 bridgehead atoms. The van der Waals surface area contributed by atoms with Crippen molar-refractivity contribution in [2.45, 2.75) is 76.4 Å². The van der Waals surface area contributed by atoms with Crippen molar-refractivity contribution in [2.24, 2.45) is 0 Å². The Hall–Kier alpha value is -1.50. The number of rotatable bonds is 10. The molecule has 1 amide bonds. The summed E-state index contributed by atoms with van der Waals surface area (Å²) in [6.45, 7) is 8.90. The van der Waals surface area contributed by atoms with Crippen molar-refractivity contribution in [1.29, 1.82) is 0 Å². The van der Waals surface area contributed by atoms with Crippen LogP contribution in [0.25, 0.3) is 0 Å². The van der Waals surface area contributed by atoms with E-state index in [1.807, 2.05) is 24.3 Å². The van der Waals surface area contributed by atoms with E-state index in [1.165, 1.54) is 18.4 Å². The molecule has 0 spiro atoms. The minimum Gasteiger partial charge on any atom is -0.489 e. The third-order valence-electron chi connectivity index (χ3n) is 8.93. The predicted molar refractivity (Wildman–Crippen MR) is 165 cm³/mol. The van der Waals surface area contributed by atoms with E-state index in [9.17, 15) is 4.79 Å². The van der Waals surface area contributed by atoms with Crippen molar-refractivity contribution in [2.75, 3.05) is 45.8 Å². The number of halogens is 3. The van der Waals surface area contributed by atoms with Crippen LogP contribution < -0.4 is 4.74 Å². The van der Waals surface area contributed by atoms with E-state index in [0.29, 0.717) is 27.4 Å². The number of likely N-dealkylation sites (tertiary alicyclic amines) is 3. The van der Waals surface area contributed by atoms with E-state index >= 15 is 0 Å². The highest BCUT2D eigenvalue weighted by molar-refractivity contribution is 6.35. The van der Waals surface area contributed by atoms with Crippen LogP contribution >= 0.6 is 34.8 Å². The number of piperidine rings is 1. The standard InChI is InChI=1S/C32H42Cl3N3O2/c1-2-27(22-36-13-3-4-14-36)40-31-21-26(34)9-10-28(31)23-11-17-38(18-12-23)32(39)30(37-15-5-6-16-37)19-24-7-8-25(33)20-29(24)35/h7-10,20-21,23,27,30H,2-6,11-19,22H2,1H3/t27-,30?/m1/s1. The van der Waals surface area contributed by atoms with Gasteiger partial charge >= 0.3 is 0 Å². The highest BCUT2D eigenvalue weighted by Crippen LogP contribution is 2.37. The molecule has 218 valence electrons. The molecule has 3 aliphatic heterocycles. The van der Waals surface area contributed by atoms with Gasteiger partial charge in [0.05, 0.1) is 6.04 Å². The quantitative estimate of drug-likeness (QED) is 0.284. The molecule has 3 fully saturated rings. The molecule has 1 unspecified atom stereocenters. The van der Waals surface area contributed by atoms with E-state index in [2.05, 4.69) is 27.7 Å². The van der Waals surface area contributed by atoms with Crippen LogP contribution in [0.15, 0.2) is 36.4 Å². The van der Waals surface area contributed by atoms with Crippen LogP contribution in [0.2, 0.25) is 15.1 Å². The van der Waals surface area contributed by atoms with Crippen molar-refractivity contribution in [3.05, 3.63) is 62.6 Å². The summed E-state index contributed by atoms with van der Waals surface area (Å²) < 4.78 is 6.62. The van der Waals surface area contributed by atoms with Gasteiger partial charge in [0.1, 0.15) is 11.9 Å². The van der Waals surface area contributed by atoms with Gasteiger partial charge in [0.2, 0.25) is 5.91 Å². The summed E-state index contributed by atoms with van der Waals surface area (Å²) in [4.78, 5) is 20.9. The van der Waals surface area contributed by atoms with Gasteiger partial charge in [0.25, 0.3) is 0 Å². The highest BCUT2D eigenvalue weighted by Gasteiger charge is 2.35. The van der Waals surface area contributed by atoms with Gasteiger partial charge in [-0.15, -0.1) is 0 Å². The van der Waals surface area contributed by atoms with Crippen LogP contribution in [0.1, 0.15) is 68.9 Å². The summed E-state index contributed by atoms with van der Waals surface area (Å²) in [6.07, 6.45) is 8.39. The molecule has 2 aromatic rings. The Morgan fingerprint density at radius 1 is 0.900 bits per heavy atom. The van der Waals surface area contributed by atoms with E-state index < -0.39 is 0 Å². The lowest BCUT2D eigenvalue weighted by molar-refractivity contribution is -0.137. The molecule has 0 aromatic heterocycles. The van der Waals surface area contributed by atoms with Crippen LogP contribution in [0.3, 0.4) is 0 Å². The van der Waals surface area contributed by atoms with E-state index in [0.717, 1.165) is 89.2 Å². The Morgan fingerprint density at radius 2 is 1.55 bits per heavy atom. The Morgan fingerprint density at radius 3 is 2.23 bits per heavy atom. The third kappa shape index (κ3) is 7.46. The number of amides is 1. The number of ether oxygens (including phenoxy) is 1. The molecule has 2 atom stereocenters. The molecule has 3 heterocycles. The Kier molecular flexibility index (Phi) is 10.6. The molecular weight excluding hydrogens is 565 g/mol. The monoisotopic (exact) mass is 605 g/mol. The molecule has 8 heteroatoms. The van der Waals surface area contributed by atoms with Gasteiger partial charge in [-0.25, -0.2) is 0 Å². The summed E-state index contributed by atoms with van der Waals surface area (Å²) in [5.74, 6) is 1.47. The number of carbonyl (C=O) groups is 1. The number of carbonyl (C=O) groups excluding carboxylic acids is 1. The van der Waals surface area contributed by atoms with E-state index in [1.54, 1.807) is 6.07 Å². The second-order valence-electron chi connectivity index (χ2n) is 11.6. The first-order chi connectivity index (χ1) is 19.4. The van der Waals surface area contributed by atoms with Crippen molar-refractivity contribution in [1.82, 2.24) is 14.7 Å². The van der Waals surface area contributed by atoms with Gasteiger partial charge in [0.15, 0.2) is 0 Å². The van der Waals surface area contributed by atoms with Crippen LogP contribution in [0.4, 0.5) is 0 Å². The van der Waals surface area contributed by atoms with E-state index in [4.69, 9.17) is 39.5 Å². The molecule has 5 nitrogen and oxygen atoms in total. The number of hydrogen-bond donors (Lipinski definition) is 0. The van der Waals surface area contributed by atoms with Gasteiger partial charge in [-0.3, -0.25) is 14.6 Å². The smallest absolute Gasteiger partial charge is 0.240 e. The molecule has 0 radical (unpaired) electrons. The van der Waals surface area contributed by atoms with Gasteiger partial charge in [-0.2, -0.15) is 0 Å². The number of hydrogen-bond acceptors (Lipinski definition) is 4. The van der Waals surface area contributed by atoms with Gasteiger partial charge in [-0.05, 0) is 119 Å². The van der Waals surface area contributed by atoms with Gasteiger partial charge < -0.3 is 9.64 Å². The van der Waals surface area contributed by atoms with Crippen molar-refractivity contribution in [3.8, 4) is 5.75 Å². The lowest BCUT2D eigenvalue weighted by Gasteiger charge is -2.37. The zero-order chi connectivity index (χ0) is 28.1. The fourth-order valence-electron chi connectivity index (χ4n) is 6.57. The minimum absolute atomic E-state index is 0.151. The molecule has 40 heavy (non-hydrogen) atoms. The van der Waals surface area contributed by atoms with Crippen LogP contribution in [0, 0.1) is 0 Å². The lowest BCUT2D eigenvalue weighted by atomic mass is 9.88. The Bertz CT molecular complexity index is 1140. The maximum absolute atomic E-state index is 13.9. The fraction of sp³-hybridized carbons (Fsp3) is 0.594. The maximum atomic E-state index is 13.9. The zero-order valence-electron chi connectivity index (χ0n) is 23.6. The largest absolute Gasteiger partial charge is 0.489 e. The van der Waals surface area contributed by atoms with Gasteiger partial charge in [-0.1, -0.05) is 53.9 Å². The average Bonchev–Trinajstić information content (AvgIpc) is 3.67. The summed E-state index contributed by atoms with van der Waals surface area (Å²) in [5.41, 5.74) is 2.20. The normalized spacial score (nSPS) is 20.6. The topological polar surface area (TPSA) is 36.0 Å². The maximum Gasteiger partial charge on any atom is 0.240 e. The molecule has 3 aliphatic rings. The van der Waals surface area contributed by atoms with Crippen LogP contribution in [0.5, 0.6) is 5.75 Å². The van der Waals surface area contributed by atoms with Crippen molar-refractivity contribution >= 4 is 40.7 Å². The molecule has 0 N–H and O–H groups in total. The molecule has 5 rings (SSSR count). The summed E-state index contributed by atoms with van der Waals surface area (Å²) in [5, 5.41) is 1.96. The predicted octanol–water partition coefficient (Wildman–Crippen LogP) is 7.31. The molecule has 0 saturated carbocycles. The molecule has 2 aromatic carbocycles. The van der Waals surface area contributed by atoms with Crippen LogP contribution in [-0.2, 0) is 11.2 Å². The second kappa shape index (κ2) is 14.1. The minimum atomic E-state index is -0.192. The number of nitrogens with zero attached hydrogens (tertiary/aromatic N) is 3. The first-order valence-corrected chi connectivity index (χ1v) is 16.2. The average molecular weight is 607 g/mol. The molecule has 0 aliphatic carbocycles. The van der Waals surface area contributed by atoms with Crippen LogP contribution in [-0.4, -0.2) is 78.6 Å². The van der Waals surface area contributed by atoms with Crippen molar-refractivity contribution in [3.63, 3.8) is 0 Å². The second-order valence-corrected chi connectivity index (χ2v) is 12.9. The SMILES string of the molecule is CC[C@H](CN1CCCC1)Oc1cc(Cl)ccc1C1CCN(C(=O)C(Cc2ccc(Cl)cc2Cl)N2CCCC2)CC1. The summed E-state index contributed by atoms with van der Waals surface area (Å²) in [6, 6.07) is 11.5. The third-order valence-corrected chi connectivity index (χ3v) is 9.75. The highest BCUT2D eigenvalue weighted by atomic mass is 35.5. The molecular formula is C32H42Cl3N3O2. The Labute approximate surface area is 254 Å². The summed E-state index contributed by atoms with van der Waals surface area (Å²) in [7, 11) is 0. The van der Waals surface area contributed by atoms with E-state index in [-0.39, 0.29) is 18.1 Å². The van der Waals surface area contributed by atoms with Gasteiger partial charge in [0, 0.05) is 34.7 Å². The molecule has 3 saturated heterocycles. The Balaban J connectivity index is 1.25. The lowest BCUT2D eigenvalue weighted by Crippen LogP contribution is -2.51. The fourth-order valence-corrected chi connectivity index (χ4v) is 7.22. The first-order valence-electron chi connectivity index (χ1n) is 15.1. The van der Waals surface area contributed by atoms with Crippen molar-refractivity contribution < 1.29 is 9.53 Å².